The first kappa shape index (κ1) is 17.6. The van der Waals surface area contributed by atoms with Crippen molar-refractivity contribution in [2.75, 3.05) is 11.9 Å². The Morgan fingerprint density at radius 3 is 2.85 bits per heavy atom. The minimum absolute atomic E-state index is 0.105. The number of rotatable bonds is 6. The number of fused-ring (bicyclic) bond motifs is 1. The van der Waals surface area contributed by atoms with Crippen LogP contribution in [0.1, 0.15) is 23.2 Å². The molecular formula is C18H19N5O3S. The van der Waals surface area contributed by atoms with Gasteiger partial charge in [0.2, 0.25) is 10.0 Å². The molecular weight excluding hydrogens is 366 g/mol. The first-order valence-corrected chi connectivity index (χ1v) is 10.0. The number of nitrogens with one attached hydrogen (secondary N) is 2. The third kappa shape index (κ3) is 3.31. The highest BCUT2D eigenvalue weighted by molar-refractivity contribution is 7.89. The number of sulfonamides is 1. The van der Waals surface area contributed by atoms with Crippen LogP contribution in [0.5, 0.6) is 0 Å². The van der Waals surface area contributed by atoms with Gasteiger partial charge in [0.25, 0.3) is 0 Å². The van der Waals surface area contributed by atoms with Crippen molar-refractivity contribution in [1.82, 2.24) is 19.7 Å². The van der Waals surface area contributed by atoms with E-state index >= 15 is 0 Å². The fraction of sp³-hybridized carbons (Fsp3) is 0.278. The van der Waals surface area contributed by atoms with Crippen molar-refractivity contribution in [2.24, 2.45) is 0 Å². The molecule has 1 aliphatic carbocycles. The summed E-state index contributed by atoms with van der Waals surface area (Å²) in [6.07, 6.45) is 5.33. The van der Waals surface area contributed by atoms with Crippen molar-refractivity contribution in [3.8, 4) is 0 Å². The smallest absolute Gasteiger partial charge is 0.240 e. The summed E-state index contributed by atoms with van der Waals surface area (Å²) in [7, 11) is -1.69. The van der Waals surface area contributed by atoms with Gasteiger partial charge in [0.15, 0.2) is 0 Å². The van der Waals surface area contributed by atoms with Gasteiger partial charge in [0.1, 0.15) is 24.1 Å². The lowest BCUT2D eigenvalue weighted by Crippen LogP contribution is -2.53. The van der Waals surface area contributed by atoms with Crippen LogP contribution in [0.4, 0.5) is 5.82 Å². The maximum atomic E-state index is 12.5. The van der Waals surface area contributed by atoms with Crippen LogP contribution in [0.2, 0.25) is 0 Å². The number of aromatic amines is 1. The van der Waals surface area contributed by atoms with Crippen LogP contribution < -0.4 is 9.62 Å². The van der Waals surface area contributed by atoms with E-state index in [2.05, 4.69) is 24.6 Å². The fourth-order valence-electron chi connectivity index (χ4n) is 3.36. The Kier molecular flexibility index (Phi) is 4.40. The molecule has 0 bridgehead atoms. The van der Waals surface area contributed by atoms with Crippen LogP contribution in [0.25, 0.3) is 11.0 Å². The normalized spacial score (nSPS) is 19.6. The summed E-state index contributed by atoms with van der Waals surface area (Å²) < 4.78 is 27.8. The van der Waals surface area contributed by atoms with E-state index in [0.29, 0.717) is 24.7 Å². The van der Waals surface area contributed by atoms with Crippen molar-refractivity contribution in [3.63, 3.8) is 0 Å². The van der Waals surface area contributed by atoms with E-state index in [-0.39, 0.29) is 17.0 Å². The van der Waals surface area contributed by atoms with Crippen molar-refractivity contribution in [3.05, 3.63) is 48.4 Å². The lowest BCUT2D eigenvalue weighted by molar-refractivity contribution is 0.112. The van der Waals surface area contributed by atoms with Gasteiger partial charge in [-0.1, -0.05) is 12.1 Å². The molecule has 1 aromatic carbocycles. The van der Waals surface area contributed by atoms with Crippen LogP contribution in [0.15, 0.2) is 47.8 Å². The molecule has 2 heterocycles. The highest BCUT2D eigenvalue weighted by atomic mass is 32.2. The molecule has 1 fully saturated rings. The average Bonchev–Trinajstić information content (AvgIpc) is 3.12. The molecule has 0 saturated heterocycles. The van der Waals surface area contributed by atoms with E-state index in [1.807, 2.05) is 19.3 Å². The molecule has 4 rings (SSSR count). The van der Waals surface area contributed by atoms with Gasteiger partial charge in [-0.25, -0.2) is 23.1 Å². The molecule has 3 aromatic rings. The summed E-state index contributed by atoms with van der Waals surface area (Å²) >= 11 is 0. The van der Waals surface area contributed by atoms with Gasteiger partial charge in [-0.2, -0.15) is 0 Å². The SMILES string of the molecule is CN(c1ncnc2[nH]ccc12)C1CC(NS(=O)(=O)c2cccc(C=O)c2)C1. The number of H-pyrrole nitrogens is 1. The van der Waals surface area contributed by atoms with Crippen molar-refractivity contribution in [1.29, 1.82) is 0 Å². The lowest BCUT2D eigenvalue weighted by Gasteiger charge is -2.41. The molecule has 0 radical (unpaired) electrons. The first-order chi connectivity index (χ1) is 13.0. The Bertz CT molecular complexity index is 1090. The molecule has 0 aliphatic heterocycles. The number of benzene rings is 1. The van der Waals surface area contributed by atoms with E-state index in [1.54, 1.807) is 12.1 Å². The Balaban J connectivity index is 1.43. The summed E-state index contributed by atoms with van der Waals surface area (Å²) in [6, 6.07) is 7.97. The molecule has 9 heteroatoms. The second-order valence-corrected chi connectivity index (χ2v) is 8.40. The van der Waals surface area contributed by atoms with Gasteiger partial charge >= 0.3 is 0 Å². The Hall–Kier alpha value is -2.78. The van der Waals surface area contributed by atoms with E-state index in [4.69, 9.17) is 0 Å². The van der Waals surface area contributed by atoms with E-state index in [9.17, 15) is 13.2 Å². The molecule has 2 N–H and O–H groups in total. The summed E-state index contributed by atoms with van der Waals surface area (Å²) in [5, 5.41) is 0.940. The monoisotopic (exact) mass is 385 g/mol. The number of aldehydes is 1. The second kappa shape index (κ2) is 6.75. The van der Waals surface area contributed by atoms with Crippen LogP contribution in [-0.4, -0.2) is 48.8 Å². The number of aromatic nitrogens is 3. The molecule has 0 amide bonds. The fourth-order valence-corrected chi connectivity index (χ4v) is 4.67. The molecule has 0 unspecified atom stereocenters. The van der Waals surface area contributed by atoms with Crippen molar-refractivity contribution < 1.29 is 13.2 Å². The summed E-state index contributed by atoms with van der Waals surface area (Å²) in [5.41, 5.74) is 1.11. The summed E-state index contributed by atoms with van der Waals surface area (Å²) in [5.74, 6) is 0.825. The molecule has 27 heavy (non-hydrogen) atoms. The van der Waals surface area contributed by atoms with Gasteiger partial charge in [-0.15, -0.1) is 0 Å². The predicted octanol–water partition coefficient (Wildman–Crippen LogP) is 1.72. The third-order valence-electron chi connectivity index (χ3n) is 4.95. The van der Waals surface area contributed by atoms with Crippen LogP contribution in [0.3, 0.4) is 0 Å². The number of carbonyl (C=O) groups excluding carboxylic acids is 1. The maximum absolute atomic E-state index is 12.5. The number of anilines is 1. The van der Waals surface area contributed by atoms with Gasteiger partial charge in [-0.05, 0) is 31.0 Å². The molecule has 0 atom stereocenters. The summed E-state index contributed by atoms with van der Waals surface area (Å²) in [6.45, 7) is 0. The first-order valence-electron chi connectivity index (χ1n) is 8.56. The Morgan fingerprint density at radius 2 is 2.07 bits per heavy atom. The average molecular weight is 385 g/mol. The van der Waals surface area contributed by atoms with Crippen LogP contribution >= 0.6 is 0 Å². The molecule has 2 aromatic heterocycles. The minimum atomic E-state index is -3.65. The number of nitrogens with zero attached hydrogens (tertiary/aromatic N) is 3. The predicted molar refractivity (Wildman–Crippen MR) is 101 cm³/mol. The zero-order valence-electron chi connectivity index (χ0n) is 14.7. The second-order valence-electron chi connectivity index (χ2n) is 6.68. The lowest BCUT2D eigenvalue weighted by atomic mass is 9.86. The Labute approximate surface area is 156 Å². The third-order valence-corrected chi connectivity index (χ3v) is 6.47. The van der Waals surface area contributed by atoms with Gasteiger partial charge in [-0.3, -0.25) is 4.79 Å². The standard InChI is InChI=1S/C18H19N5O3S/c1-23(18-16-5-6-19-17(16)20-11-21-18)14-8-13(9-14)22-27(25,26)15-4-2-3-12(7-15)10-24/h2-7,10-11,13-14,22H,8-9H2,1H3,(H,19,20,21). The van der Waals surface area contributed by atoms with Crippen LogP contribution in [-0.2, 0) is 10.0 Å². The van der Waals surface area contributed by atoms with Crippen molar-refractivity contribution in [2.45, 2.75) is 29.8 Å². The molecule has 140 valence electrons. The molecule has 8 nitrogen and oxygen atoms in total. The van der Waals surface area contributed by atoms with Gasteiger partial charge in [0.05, 0.1) is 10.3 Å². The Morgan fingerprint density at radius 1 is 1.26 bits per heavy atom. The number of hydrogen-bond acceptors (Lipinski definition) is 6. The van der Waals surface area contributed by atoms with E-state index in [0.717, 1.165) is 16.9 Å². The van der Waals surface area contributed by atoms with Gasteiger partial charge in [0, 0.05) is 30.9 Å². The summed E-state index contributed by atoms with van der Waals surface area (Å²) in [4.78, 5) is 24.7. The highest BCUT2D eigenvalue weighted by Gasteiger charge is 2.36. The van der Waals surface area contributed by atoms with E-state index in [1.165, 1.54) is 18.5 Å². The van der Waals surface area contributed by atoms with Crippen LogP contribution in [0, 0.1) is 0 Å². The molecule has 1 saturated carbocycles. The highest BCUT2D eigenvalue weighted by Crippen LogP contribution is 2.31. The molecule has 0 spiro atoms. The quantitative estimate of drug-likeness (QED) is 0.626. The maximum Gasteiger partial charge on any atom is 0.240 e. The number of carbonyl (C=O) groups is 1. The zero-order chi connectivity index (χ0) is 19.0. The molecule has 1 aliphatic rings. The van der Waals surface area contributed by atoms with Gasteiger partial charge < -0.3 is 9.88 Å². The number of hydrogen-bond donors (Lipinski definition) is 2. The zero-order valence-corrected chi connectivity index (χ0v) is 15.5. The van der Waals surface area contributed by atoms with E-state index < -0.39 is 10.0 Å². The topological polar surface area (TPSA) is 108 Å². The minimum Gasteiger partial charge on any atom is -0.356 e. The largest absolute Gasteiger partial charge is 0.356 e. The van der Waals surface area contributed by atoms with Crippen molar-refractivity contribution >= 4 is 33.2 Å².